The second-order valence-electron chi connectivity index (χ2n) is 7.84. The lowest BCUT2D eigenvalue weighted by Gasteiger charge is -2.31. The predicted molar refractivity (Wildman–Crippen MR) is 101 cm³/mol. The zero-order chi connectivity index (χ0) is 18.9. The van der Waals surface area contributed by atoms with Crippen molar-refractivity contribution < 1.29 is 19.1 Å². The van der Waals surface area contributed by atoms with Gasteiger partial charge in [0.1, 0.15) is 0 Å². The number of fused-ring (bicyclic) bond motifs is 1. The number of benzene rings is 1. The molecule has 1 aromatic rings. The molecule has 3 aliphatic rings. The largest absolute Gasteiger partial charge is 0.448 e. The van der Waals surface area contributed by atoms with E-state index in [4.69, 9.17) is 15.2 Å². The standard InChI is InChI=1S/C20H27N3O4/c21-19(25)14-6-10-23(11-7-14)13-18(24)22-15-4-5-16-17(12-15)27-20(26-16)8-2-1-3-9-20/h4-5,12,14H,1-3,6-11,13H2,(H2,21,25)(H,22,24). The first kappa shape index (κ1) is 18.1. The van der Waals surface area contributed by atoms with Crippen LogP contribution in [0.25, 0.3) is 0 Å². The van der Waals surface area contributed by atoms with Crippen LogP contribution in [-0.4, -0.2) is 42.1 Å². The van der Waals surface area contributed by atoms with Crippen LogP contribution in [0.3, 0.4) is 0 Å². The van der Waals surface area contributed by atoms with Crippen LogP contribution < -0.4 is 20.5 Å². The number of hydrogen-bond acceptors (Lipinski definition) is 5. The second kappa shape index (κ2) is 7.38. The molecule has 0 radical (unpaired) electrons. The minimum atomic E-state index is -0.506. The molecular formula is C20H27N3O4. The molecule has 146 valence electrons. The maximum atomic E-state index is 12.4. The van der Waals surface area contributed by atoms with Crippen molar-refractivity contribution in [3.8, 4) is 11.5 Å². The SMILES string of the molecule is NC(=O)C1CCN(CC(=O)Nc2ccc3c(c2)OC2(CCCCC2)O3)CC1. The van der Waals surface area contributed by atoms with Gasteiger partial charge in [0, 0.05) is 30.5 Å². The number of amides is 2. The van der Waals surface area contributed by atoms with Crippen molar-refractivity contribution in [1.82, 2.24) is 4.90 Å². The van der Waals surface area contributed by atoms with Crippen LogP contribution in [0.4, 0.5) is 5.69 Å². The van der Waals surface area contributed by atoms with Crippen LogP contribution in [0.1, 0.15) is 44.9 Å². The summed E-state index contributed by atoms with van der Waals surface area (Å²) in [5, 5.41) is 2.94. The van der Waals surface area contributed by atoms with E-state index in [0.29, 0.717) is 43.9 Å². The summed E-state index contributed by atoms with van der Waals surface area (Å²) in [4.78, 5) is 25.7. The van der Waals surface area contributed by atoms with Gasteiger partial charge in [0.15, 0.2) is 11.5 Å². The first-order valence-electron chi connectivity index (χ1n) is 9.87. The summed E-state index contributed by atoms with van der Waals surface area (Å²) in [6.07, 6.45) is 6.70. The third-order valence-electron chi connectivity index (χ3n) is 5.79. The molecule has 2 aliphatic heterocycles. The molecule has 7 heteroatoms. The van der Waals surface area contributed by atoms with Gasteiger partial charge in [-0.1, -0.05) is 6.42 Å². The van der Waals surface area contributed by atoms with Gasteiger partial charge in [-0.05, 0) is 50.9 Å². The fourth-order valence-corrected chi connectivity index (χ4v) is 4.25. The average Bonchev–Trinajstić information content (AvgIpc) is 2.99. The second-order valence-corrected chi connectivity index (χ2v) is 7.84. The number of anilines is 1. The Hall–Kier alpha value is -2.28. The fourth-order valence-electron chi connectivity index (χ4n) is 4.25. The lowest BCUT2D eigenvalue weighted by molar-refractivity contribution is -0.123. The molecule has 27 heavy (non-hydrogen) atoms. The highest BCUT2D eigenvalue weighted by Crippen LogP contribution is 2.46. The maximum absolute atomic E-state index is 12.4. The number of ether oxygens (including phenoxy) is 2. The minimum Gasteiger partial charge on any atom is -0.448 e. The van der Waals surface area contributed by atoms with Gasteiger partial charge in [0.2, 0.25) is 11.8 Å². The fraction of sp³-hybridized carbons (Fsp3) is 0.600. The number of piperidine rings is 1. The summed E-state index contributed by atoms with van der Waals surface area (Å²) in [7, 11) is 0. The van der Waals surface area contributed by atoms with Crippen molar-refractivity contribution >= 4 is 17.5 Å². The van der Waals surface area contributed by atoms with E-state index in [2.05, 4.69) is 10.2 Å². The van der Waals surface area contributed by atoms with Gasteiger partial charge in [-0.15, -0.1) is 0 Å². The highest BCUT2D eigenvalue weighted by molar-refractivity contribution is 5.92. The average molecular weight is 373 g/mol. The molecule has 1 aliphatic carbocycles. The summed E-state index contributed by atoms with van der Waals surface area (Å²) in [6.45, 7) is 1.74. The summed E-state index contributed by atoms with van der Waals surface area (Å²) < 4.78 is 12.2. The Labute approximate surface area is 159 Å². The quantitative estimate of drug-likeness (QED) is 0.844. The Morgan fingerprint density at radius 2 is 1.81 bits per heavy atom. The van der Waals surface area contributed by atoms with E-state index in [1.165, 1.54) is 6.42 Å². The summed E-state index contributed by atoms with van der Waals surface area (Å²) in [6, 6.07) is 5.56. The predicted octanol–water partition coefficient (Wildman–Crippen LogP) is 2.25. The lowest BCUT2D eigenvalue weighted by Crippen LogP contribution is -2.42. The first-order chi connectivity index (χ1) is 13.0. The molecule has 3 N–H and O–H groups in total. The Balaban J connectivity index is 1.31. The summed E-state index contributed by atoms with van der Waals surface area (Å²) >= 11 is 0. The van der Waals surface area contributed by atoms with Crippen LogP contribution in [0.15, 0.2) is 18.2 Å². The number of hydrogen-bond donors (Lipinski definition) is 2. The Morgan fingerprint density at radius 3 is 2.52 bits per heavy atom. The molecule has 1 saturated heterocycles. The topological polar surface area (TPSA) is 93.9 Å². The van der Waals surface area contributed by atoms with Gasteiger partial charge in [-0.3, -0.25) is 14.5 Å². The maximum Gasteiger partial charge on any atom is 0.251 e. The molecular weight excluding hydrogens is 346 g/mol. The molecule has 0 aromatic heterocycles. The van der Waals surface area contributed by atoms with E-state index < -0.39 is 5.79 Å². The third kappa shape index (κ3) is 4.03. The van der Waals surface area contributed by atoms with Crippen molar-refractivity contribution in [2.75, 3.05) is 25.0 Å². The number of primary amides is 1. The molecule has 1 spiro atoms. The van der Waals surface area contributed by atoms with E-state index in [1.54, 1.807) is 0 Å². The Bertz CT molecular complexity index is 722. The van der Waals surface area contributed by atoms with Crippen LogP contribution >= 0.6 is 0 Å². The van der Waals surface area contributed by atoms with E-state index in [9.17, 15) is 9.59 Å². The van der Waals surface area contributed by atoms with Gasteiger partial charge in [-0.25, -0.2) is 0 Å². The third-order valence-corrected chi connectivity index (χ3v) is 5.79. The highest BCUT2D eigenvalue weighted by atomic mass is 16.7. The van der Waals surface area contributed by atoms with E-state index in [-0.39, 0.29) is 17.7 Å². The molecule has 2 fully saturated rings. The number of carbonyl (C=O) groups is 2. The number of nitrogens with two attached hydrogens (primary N) is 1. The Morgan fingerprint density at radius 1 is 1.11 bits per heavy atom. The first-order valence-corrected chi connectivity index (χ1v) is 9.87. The van der Waals surface area contributed by atoms with Gasteiger partial charge < -0.3 is 20.5 Å². The van der Waals surface area contributed by atoms with Crippen molar-refractivity contribution in [1.29, 1.82) is 0 Å². The zero-order valence-corrected chi connectivity index (χ0v) is 15.5. The molecule has 0 atom stereocenters. The molecule has 1 saturated carbocycles. The lowest BCUT2D eigenvalue weighted by atomic mass is 9.94. The van der Waals surface area contributed by atoms with Crippen LogP contribution in [-0.2, 0) is 9.59 Å². The monoisotopic (exact) mass is 373 g/mol. The van der Waals surface area contributed by atoms with Crippen LogP contribution in [0.5, 0.6) is 11.5 Å². The molecule has 1 aromatic carbocycles. The van der Waals surface area contributed by atoms with Gasteiger partial charge >= 0.3 is 0 Å². The van der Waals surface area contributed by atoms with Gasteiger partial charge in [0.25, 0.3) is 5.79 Å². The summed E-state index contributed by atoms with van der Waals surface area (Å²) in [5.41, 5.74) is 6.06. The van der Waals surface area contributed by atoms with E-state index in [1.807, 2.05) is 18.2 Å². The number of nitrogens with zero attached hydrogens (tertiary/aromatic N) is 1. The van der Waals surface area contributed by atoms with Crippen LogP contribution in [0, 0.1) is 5.92 Å². The molecule has 4 rings (SSSR count). The molecule has 0 unspecified atom stereocenters. The van der Waals surface area contributed by atoms with Crippen molar-refractivity contribution in [3.05, 3.63) is 18.2 Å². The van der Waals surface area contributed by atoms with Crippen molar-refractivity contribution in [2.45, 2.75) is 50.7 Å². The summed E-state index contributed by atoms with van der Waals surface area (Å²) in [5.74, 6) is 0.577. The van der Waals surface area contributed by atoms with Gasteiger partial charge in [-0.2, -0.15) is 0 Å². The normalized spacial score (nSPS) is 21.9. The van der Waals surface area contributed by atoms with E-state index >= 15 is 0 Å². The van der Waals surface area contributed by atoms with Crippen molar-refractivity contribution in [3.63, 3.8) is 0 Å². The molecule has 7 nitrogen and oxygen atoms in total. The molecule has 2 heterocycles. The van der Waals surface area contributed by atoms with Crippen molar-refractivity contribution in [2.24, 2.45) is 11.7 Å². The zero-order valence-electron chi connectivity index (χ0n) is 15.5. The number of likely N-dealkylation sites (tertiary alicyclic amines) is 1. The molecule has 2 amide bonds. The Kier molecular flexibility index (Phi) is 4.95. The minimum absolute atomic E-state index is 0.0646. The number of carbonyl (C=O) groups excluding carboxylic acids is 2. The number of nitrogens with one attached hydrogen (secondary N) is 1. The van der Waals surface area contributed by atoms with Gasteiger partial charge in [0.05, 0.1) is 6.54 Å². The van der Waals surface area contributed by atoms with E-state index in [0.717, 1.165) is 31.4 Å². The van der Waals surface area contributed by atoms with Crippen LogP contribution in [0.2, 0.25) is 0 Å². The molecule has 0 bridgehead atoms. The highest BCUT2D eigenvalue weighted by Gasteiger charge is 2.42. The smallest absolute Gasteiger partial charge is 0.251 e. The number of rotatable bonds is 4.